The van der Waals surface area contributed by atoms with E-state index >= 15 is 0 Å². The zero-order valence-corrected chi connectivity index (χ0v) is 16.1. The summed E-state index contributed by atoms with van der Waals surface area (Å²) in [5.74, 6) is 2.29. The van der Waals surface area contributed by atoms with E-state index < -0.39 is 9.84 Å². The van der Waals surface area contributed by atoms with Crippen LogP contribution in [0.4, 0.5) is 17.5 Å². The van der Waals surface area contributed by atoms with Crippen molar-refractivity contribution in [2.24, 2.45) is 0 Å². The smallest absolute Gasteiger partial charge is 0.227 e. The van der Waals surface area contributed by atoms with Crippen LogP contribution < -0.4 is 15.0 Å². The Kier molecular flexibility index (Phi) is 5.31. The molecule has 0 aliphatic carbocycles. The lowest BCUT2D eigenvalue weighted by Crippen LogP contribution is -2.37. The molecule has 3 rings (SSSR count). The van der Waals surface area contributed by atoms with Gasteiger partial charge >= 0.3 is 0 Å². The second kappa shape index (κ2) is 7.49. The Labute approximate surface area is 154 Å². The predicted molar refractivity (Wildman–Crippen MR) is 103 cm³/mol. The van der Waals surface area contributed by atoms with Crippen molar-refractivity contribution in [3.8, 4) is 5.75 Å². The summed E-state index contributed by atoms with van der Waals surface area (Å²) in [4.78, 5) is 10.9. The topological polar surface area (TPSA) is 84.4 Å². The Morgan fingerprint density at radius 2 is 2.15 bits per heavy atom. The molecule has 1 aromatic carbocycles. The number of nitrogens with zero attached hydrogens (tertiary/aromatic N) is 3. The highest BCUT2D eigenvalue weighted by atomic mass is 32.2. The normalized spacial score (nSPS) is 18.5. The molecule has 1 aromatic heterocycles. The Morgan fingerprint density at radius 3 is 2.81 bits per heavy atom. The number of ether oxygens (including phenoxy) is 1. The maximum atomic E-state index is 11.8. The van der Waals surface area contributed by atoms with E-state index in [1.807, 2.05) is 36.9 Å². The third kappa shape index (κ3) is 4.07. The van der Waals surface area contributed by atoms with Gasteiger partial charge in [-0.25, -0.2) is 13.4 Å². The molecule has 26 heavy (non-hydrogen) atoms. The van der Waals surface area contributed by atoms with Gasteiger partial charge in [-0.15, -0.1) is 0 Å². The van der Waals surface area contributed by atoms with Gasteiger partial charge in [-0.05, 0) is 44.0 Å². The first-order chi connectivity index (χ1) is 12.4. The van der Waals surface area contributed by atoms with E-state index in [-0.39, 0.29) is 17.5 Å². The van der Waals surface area contributed by atoms with Crippen LogP contribution in [0.3, 0.4) is 0 Å². The van der Waals surface area contributed by atoms with Gasteiger partial charge in [-0.2, -0.15) is 4.98 Å². The maximum Gasteiger partial charge on any atom is 0.227 e. The monoisotopic (exact) mass is 376 g/mol. The van der Waals surface area contributed by atoms with Gasteiger partial charge in [-0.1, -0.05) is 6.07 Å². The lowest BCUT2D eigenvalue weighted by molar-refractivity contribution is 0.416. The Bertz CT molecular complexity index is 886. The van der Waals surface area contributed by atoms with Crippen molar-refractivity contribution < 1.29 is 13.2 Å². The van der Waals surface area contributed by atoms with Crippen molar-refractivity contribution in [1.29, 1.82) is 0 Å². The zero-order valence-electron chi connectivity index (χ0n) is 15.3. The average molecular weight is 376 g/mol. The number of anilines is 3. The predicted octanol–water partition coefficient (Wildman–Crippen LogP) is 2.55. The lowest BCUT2D eigenvalue weighted by Gasteiger charge is -2.27. The van der Waals surface area contributed by atoms with Crippen LogP contribution in [0, 0.1) is 6.92 Å². The van der Waals surface area contributed by atoms with Crippen LogP contribution in [0.25, 0.3) is 0 Å². The highest BCUT2D eigenvalue weighted by Crippen LogP contribution is 2.29. The third-order valence-electron chi connectivity index (χ3n) is 4.51. The van der Waals surface area contributed by atoms with Gasteiger partial charge in [0.1, 0.15) is 11.6 Å². The van der Waals surface area contributed by atoms with Crippen molar-refractivity contribution in [1.82, 2.24) is 9.97 Å². The van der Waals surface area contributed by atoms with Gasteiger partial charge in [-0.3, -0.25) is 0 Å². The number of nitrogens with one attached hydrogen (secondary N) is 1. The van der Waals surface area contributed by atoms with Crippen molar-refractivity contribution in [3.05, 3.63) is 36.0 Å². The van der Waals surface area contributed by atoms with Gasteiger partial charge in [0.15, 0.2) is 9.84 Å². The molecule has 2 aromatic rings. The van der Waals surface area contributed by atoms with Crippen LogP contribution in [0.5, 0.6) is 5.75 Å². The molecule has 1 unspecified atom stereocenters. The van der Waals surface area contributed by atoms with Crippen molar-refractivity contribution in [2.75, 3.05) is 35.4 Å². The van der Waals surface area contributed by atoms with Crippen LogP contribution in [0.2, 0.25) is 0 Å². The molecule has 0 spiro atoms. The molecular weight excluding hydrogens is 352 g/mol. The zero-order chi connectivity index (χ0) is 18.7. The van der Waals surface area contributed by atoms with E-state index in [2.05, 4.69) is 15.3 Å². The summed E-state index contributed by atoms with van der Waals surface area (Å²) in [5.41, 5.74) is 1.93. The van der Waals surface area contributed by atoms with Crippen LogP contribution in [-0.2, 0) is 9.84 Å². The molecule has 1 N–H and O–H groups in total. The first-order valence-electron chi connectivity index (χ1n) is 8.63. The molecule has 0 radical (unpaired) electrons. The van der Waals surface area contributed by atoms with Crippen molar-refractivity contribution in [2.45, 2.75) is 26.3 Å². The minimum Gasteiger partial charge on any atom is -0.495 e. The fourth-order valence-corrected chi connectivity index (χ4v) is 4.93. The molecule has 1 saturated heterocycles. The van der Waals surface area contributed by atoms with Gasteiger partial charge in [0.2, 0.25) is 5.95 Å². The van der Waals surface area contributed by atoms with Gasteiger partial charge < -0.3 is 15.0 Å². The van der Waals surface area contributed by atoms with Gasteiger partial charge in [0.25, 0.3) is 0 Å². The number of methoxy groups -OCH3 is 1. The molecule has 1 atom stereocenters. The van der Waals surface area contributed by atoms with E-state index in [1.54, 1.807) is 19.4 Å². The molecule has 8 heteroatoms. The van der Waals surface area contributed by atoms with Gasteiger partial charge in [0, 0.05) is 18.8 Å². The number of benzene rings is 1. The SMILES string of the molecule is CCN(c1nccc(Nc2cc(C)ccc2OC)n1)C1CCS(=O)(=O)C1. The molecule has 0 saturated carbocycles. The Hall–Kier alpha value is -2.35. The molecular formula is C18H24N4O3S. The highest BCUT2D eigenvalue weighted by molar-refractivity contribution is 7.91. The summed E-state index contributed by atoms with van der Waals surface area (Å²) in [7, 11) is -1.33. The van der Waals surface area contributed by atoms with E-state index in [1.165, 1.54) is 0 Å². The number of hydrogen-bond donors (Lipinski definition) is 1. The van der Waals surface area contributed by atoms with Crippen LogP contribution >= 0.6 is 0 Å². The Balaban J connectivity index is 1.85. The van der Waals surface area contributed by atoms with Crippen LogP contribution in [0.1, 0.15) is 18.9 Å². The fourth-order valence-electron chi connectivity index (χ4n) is 3.20. The molecule has 1 fully saturated rings. The average Bonchev–Trinajstić information content (AvgIpc) is 2.96. The van der Waals surface area contributed by atoms with Crippen LogP contribution in [-0.4, -0.2) is 49.6 Å². The molecule has 0 amide bonds. The van der Waals surface area contributed by atoms with E-state index in [0.717, 1.165) is 17.0 Å². The van der Waals surface area contributed by atoms with Crippen molar-refractivity contribution in [3.63, 3.8) is 0 Å². The summed E-state index contributed by atoms with van der Waals surface area (Å²) in [6.07, 6.45) is 2.29. The standard InChI is InChI=1S/C18H24N4O3S/c1-4-22(14-8-10-26(23,24)12-14)18-19-9-7-17(21-18)20-15-11-13(2)5-6-16(15)25-3/h5-7,9,11,14H,4,8,10,12H2,1-3H3,(H,19,20,21). The van der Waals surface area contributed by atoms with Gasteiger partial charge in [0.05, 0.1) is 24.3 Å². The summed E-state index contributed by atoms with van der Waals surface area (Å²) in [5, 5.41) is 3.27. The first kappa shape index (κ1) is 18.4. The molecule has 140 valence electrons. The molecule has 1 aliphatic rings. The first-order valence-corrected chi connectivity index (χ1v) is 10.5. The number of aromatic nitrogens is 2. The van der Waals surface area contributed by atoms with Crippen molar-refractivity contribution >= 4 is 27.3 Å². The summed E-state index contributed by atoms with van der Waals surface area (Å²) in [6.45, 7) is 4.64. The second-order valence-corrected chi connectivity index (χ2v) is 8.64. The summed E-state index contributed by atoms with van der Waals surface area (Å²) >= 11 is 0. The molecule has 2 heterocycles. The quantitative estimate of drug-likeness (QED) is 0.829. The summed E-state index contributed by atoms with van der Waals surface area (Å²) in [6, 6.07) is 7.58. The molecule has 1 aliphatic heterocycles. The number of sulfone groups is 1. The van der Waals surface area contributed by atoms with E-state index in [9.17, 15) is 8.42 Å². The second-order valence-electron chi connectivity index (χ2n) is 6.41. The molecule has 0 bridgehead atoms. The number of aryl methyl sites for hydroxylation is 1. The minimum absolute atomic E-state index is 0.0752. The maximum absolute atomic E-state index is 11.8. The van der Waals surface area contributed by atoms with E-state index in [4.69, 9.17) is 4.74 Å². The van der Waals surface area contributed by atoms with Crippen LogP contribution in [0.15, 0.2) is 30.5 Å². The molecule has 7 nitrogen and oxygen atoms in total. The Morgan fingerprint density at radius 1 is 1.35 bits per heavy atom. The third-order valence-corrected chi connectivity index (χ3v) is 6.26. The number of rotatable bonds is 6. The lowest BCUT2D eigenvalue weighted by atomic mass is 10.2. The largest absolute Gasteiger partial charge is 0.495 e. The number of hydrogen-bond acceptors (Lipinski definition) is 7. The highest BCUT2D eigenvalue weighted by Gasteiger charge is 2.32. The minimum atomic E-state index is -2.96. The van der Waals surface area contributed by atoms with E-state index in [0.29, 0.717) is 24.7 Å². The summed E-state index contributed by atoms with van der Waals surface area (Å²) < 4.78 is 29.0. The fraction of sp³-hybridized carbons (Fsp3) is 0.444.